The minimum absolute atomic E-state index is 0.213. The minimum Gasteiger partial charge on any atom is -0.385 e. The minimum atomic E-state index is -0.343. The molecule has 0 saturated heterocycles. The van der Waals surface area contributed by atoms with Crippen molar-refractivity contribution in [3.8, 4) is 0 Å². The van der Waals surface area contributed by atoms with E-state index < -0.39 is 0 Å². The van der Waals surface area contributed by atoms with Crippen molar-refractivity contribution in [2.45, 2.75) is 25.3 Å². The van der Waals surface area contributed by atoms with Gasteiger partial charge < -0.3 is 10.5 Å². The van der Waals surface area contributed by atoms with Crippen molar-refractivity contribution in [3.05, 3.63) is 35.6 Å². The summed E-state index contributed by atoms with van der Waals surface area (Å²) in [6, 6.07) is 6.56. The molecule has 3 heteroatoms. The standard InChI is InChI=1S/C12H18FNO/c1-12(14,6-7-15-2)9-10-4-3-5-11(13)8-10/h3-5,8H,6-7,9,14H2,1-2H3. The monoisotopic (exact) mass is 211 g/mol. The second kappa shape index (κ2) is 5.24. The first-order chi connectivity index (χ1) is 7.03. The van der Waals surface area contributed by atoms with Crippen molar-refractivity contribution in [3.63, 3.8) is 0 Å². The van der Waals surface area contributed by atoms with Crippen LogP contribution in [-0.2, 0) is 11.2 Å². The molecule has 84 valence electrons. The summed E-state index contributed by atoms with van der Waals surface area (Å²) in [5, 5.41) is 0. The van der Waals surface area contributed by atoms with Gasteiger partial charge in [0, 0.05) is 19.3 Å². The maximum atomic E-state index is 12.9. The fourth-order valence-corrected chi connectivity index (χ4v) is 1.54. The van der Waals surface area contributed by atoms with Crippen molar-refractivity contribution in [1.82, 2.24) is 0 Å². The molecule has 1 rings (SSSR count). The van der Waals surface area contributed by atoms with Crippen molar-refractivity contribution in [2.75, 3.05) is 13.7 Å². The molecule has 0 aromatic heterocycles. The van der Waals surface area contributed by atoms with E-state index >= 15 is 0 Å². The van der Waals surface area contributed by atoms with Crippen molar-refractivity contribution in [1.29, 1.82) is 0 Å². The third kappa shape index (κ3) is 4.40. The van der Waals surface area contributed by atoms with Gasteiger partial charge in [0.15, 0.2) is 0 Å². The number of ether oxygens (including phenoxy) is 1. The Hall–Kier alpha value is -0.930. The lowest BCUT2D eigenvalue weighted by Crippen LogP contribution is -2.39. The van der Waals surface area contributed by atoms with Gasteiger partial charge >= 0.3 is 0 Å². The summed E-state index contributed by atoms with van der Waals surface area (Å²) in [7, 11) is 1.65. The van der Waals surface area contributed by atoms with Crippen LogP contribution in [0.15, 0.2) is 24.3 Å². The molecule has 0 fully saturated rings. The highest BCUT2D eigenvalue weighted by Gasteiger charge is 2.18. The molecule has 2 nitrogen and oxygen atoms in total. The molecule has 1 unspecified atom stereocenters. The van der Waals surface area contributed by atoms with E-state index in [1.165, 1.54) is 12.1 Å². The maximum absolute atomic E-state index is 12.9. The second-order valence-corrected chi connectivity index (χ2v) is 4.20. The van der Waals surface area contributed by atoms with E-state index in [4.69, 9.17) is 10.5 Å². The van der Waals surface area contributed by atoms with Crippen molar-refractivity contribution in [2.24, 2.45) is 5.73 Å². The summed E-state index contributed by atoms with van der Waals surface area (Å²) in [6.07, 6.45) is 1.42. The lowest BCUT2D eigenvalue weighted by molar-refractivity contribution is 0.171. The van der Waals surface area contributed by atoms with Gasteiger partial charge in [-0.15, -0.1) is 0 Å². The Morgan fingerprint density at radius 3 is 2.80 bits per heavy atom. The van der Waals surface area contributed by atoms with Crippen LogP contribution in [0.1, 0.15) is 18.9 Å². The molecule has 0 radical (unpaired) electrons. The van der Waals surface area contributed by atoms with E-state index in [-0.39, 0.29) is 11.4 Å². The Balaban J connectivity index is 2.60. The highest BCUT2D eigenvalue weighted by atomic mass is 19.1. The number of nitrogens with two attached hydrogens (primary N) is 1. The van der Waals surface area contributed by atoms with Crippen LogP contribution in [0, 0.1) is 5.82 Å². The summed E-state index contributed by atoms with van der Waals surface area (Å²) in [5.74, 6) is -0.213. The summed E-state index contributed by atoms with van der Waals surface area (Å²) in [6.45, 7) is 2.58. The molecule has 0 aliphatic carbocycles. The van der Waals surface area contributed by atoms with Gasteiger partial charge in [-0.25, -0.2) is 4.39 Å². The van der Waals surface area contributed by atoms with E-state index in [0.29, 0.717) is 13.0 Å². The SMILES string of the molecule is COCCC(C)(N)Cc1cccc(F)c1. The molecule has 0 heterocycles. The summed E-state index contributed by atoms with van der Waals surface area (Å²) in [4.78, 5) is 0. The van der Waals surface area contributed by atoms with Gasteiger partial charge in [0.2, 0.25) is 0 Å². The van der Waals surface area contributed by atoms with Crippen molar-refractivity contribution < 1.29 is 9.13 Å². The van der Waals surface area contributed by atoms with Gasteiger partial charge in [0.05, 0.1) is 0 Å². The highest BCUT2D eigenvalue weighted by Crippen LogP contribution is 2.15. The van der Waals surface area contributed by atoms with Gasteiger partial charge in [0.1, 0.15) is 5.82 Å². The van der Waals surface area contributed by atoms with E-state index in [0.717, 1.165) is 12.0 Å². The largest absolute Gasteiger partial charge is 0.385 e. The second-order valence-electron chi connectivity index (χ2n) is 4.20. The maximum Gasteiger partial charge on any atom is 0.123 e. The van der Waals surface area contributed by atoms with Gasteiger partial charge in [-0.3, -0.25) is 0 Å². The number of halogens is 1. The molecule has 0 amide bonds. The van der Waals surface area contributed by atoms with Gasteiger partial charge in [-0.2, -0.15) is 0 Å². The number of hydrogen-bond acceptors (Lipinski definition) is 2. The van der Waals surface area contributed by atoms with Crippen LogP contribution in [0.5, 0.6) is 0 Å². The molecule has 0 aliphatic heterocycles. The molecule has 1 atom stereocenters. The zero-order valence-corrected chi connectivity index (χ0v) is 9.29. The summed E-state index contributed by atoms with van der Waals surface area (Å²) in [5.41, 5.74) is 6.67. The molecular weight excluding hydrogens is 193 g/mol. The van der Waals surface area contributed by atoms with Gasteiger partial charge in [-0.05, 0) is 37.5 Å². The van der Waals surface area contributed by atoms with Gasteiger partial charge in [-0.1, -0.05) is 12.1 Å². The number of rotatable bonds is 5. The van der Waals surface area contributed by atoms with Crippen LogP contribution >= 0.6 is 0 Å². The normalized spacial score (nSPS) is 14.9. The smallest absolute Gasteiger partial charge is 0.123 e. The molecule has 0 bridgehead atoms. The highest BCUT2D eigenvalue weighted by molar-refractivity contribution is 5.18. The third-order valence-electron chi connectivity index (χ3n) is 2.37. The average molecular weight is 211 g/mol. The first-order valence-corrected chi connectivity index (χ1v) is 5.06. The van der Waals surface area contributed by atoms with Crippen LogP contribution < -0.4 is 5.73 Å². The van der Waals surface area contributed by atoms with Gasteiger partial charge in [0.25, 0.3) is 0 Å². The van der Waals surface area contributed by atoms with Crippen LogP contribution in [-0.4, -0.2) is 19.3 Å². The Morgan fingerprint density at radius 1 is 1.47 bits per heavy atom. The number of methoxy groups -OCH3 is 1. The number of hydrogen-bond donors (Lipinski definition) is 1. The summed E-state index contributed by atoms with van der Waals surface area (Å²) < 4.78 is 17.9. The fourth-order valence-electron chi connectivity index (χ4n) is 1.54. The lowest BCUT2D eigenvalue weighted by Gasteiger charge is -2.24. The van der Waals surface area contributed by atoms with Crippen LogP contribution in [0.25, 0.3) is 0 Å². The zero-order chi connectivity index (χ0) is 11.3. The number of benzene rings is 1. The van der Waals surface area contributed by atoms with Crippen LogP contribution in [0.3, 0.4) is 0 Å². The first kappa shape index (κ1) is 12.1. The molecule has 1 aromatic rings. The molecule has 2 N–H and O–H groups in total. The molecular formula is C12H18FNO. The van der Waals surface area contributed by atoms with E-state index in [1.54, 1.807) is 13.2 Å². The molecule has 0 aliphatic rings. The molecule has 15 heavy (non-hydrogen) atoms. The third-order valence-corrected chi connectivity index (χ3v) is 2.37. The predicted octanol–water partition coefficient (Wildman–Crippen LogP) is 2.12. The predicted molar refractivity (Wildman–Crippen MR) is 59.2 cm³/mol. The Bertz CT molecular complexity index is 312. The Morgan fingerprint density at radius 2 is 2.20 bits per heavy atom. The van der Waals surface area contributed by atoms with E-state index in [1.807, 2.05) is 13.0 Å². The first-order valence-electron chi connectivity index (χ1n) is 5.06. The quantitative estimate of drug-likeness (QED) is 0.809. The van der Waals surface area contributed by atoms with Crippen LogP contribution in [0.4, 0.5) is 4.39 Å². The van der Waals surface area contributed by atoms with Crippen molar-refractivity contribution >= 4 is 0 Å². The van der Waals surface area contributed by atoms with E-state index in [2.05, 4.69) is 0 Å². The average Bonchev–Trinajstić information content (AvgIpc) is 2.14. The summed E-state index contributed by atoms with van der Waals surface area (Å²) >= 11 is 0. The Kier molecular flexibility index (Phi) is 4.24. The molecule has 0 saturated carbocycles. The Labute approximate surface area is 90.2 Å². The molecule has 1 aromatic carbocycles. The zero-order valence-electron chi connectivity index (χ0n) is 9.29. The van der Waals surface area contributed by atoms with Crippen LogP contribution in [0.2, 0.25) is 0 Å². The molecule has 0 spiro atoms. The lowest BCUT2D eigenvalue weighted by atomic mass is 9.91. The topological polar surface area (TPSA) is 35.2 Å². The fraction of sp³-hybridized carbons (Fsp3) is 0.500. The van der Waals surface area contributed by atoms with E-state index in [9.17, 15) is 4.39 Å².